The summed E-state index contributed by atoms with van der Waals surface area (Å²) in [4.78, 5) is 41.3. The maximum Gasteiger partial charge on any atom is 0.329 e. The van der Waals surface area contributed by atoms with Crippen molar-refractivity contribution in [2.45, 2.75) is 148 Å². The van der Waals surface area contributed by atoms with Crippen molar-refractivity contribution in [1.82, 2.24) is 4.90 Å². The first-order valence-electron chi connectivity index (χ1n) is 15.9. The molecule has 3 aliphatic rings. The number of esters is 1. The maximum atomic E-state index is 13.7. The summed E-state index contributed by atoms with van der Waals surface area (Å²) in [6.07, 6.45) is 11.3. The first-order chi connectivity index (χ1) is 19.4. The monoisotopic (exact) mass is 575 g/mol. The van der Waals surface area contributed by atoms with Crippen molar-refractivity contribution in [1.29, 1.82) is 0 Å². The molecule has 3 aliphatic heterocycles. The van der Waals surface area contributed by atoms with Gasteiger partial charge in [0.25, 0.3) is 0 Å². The summed E-state index contributed by atoms with van der Waals surface area (Å²) in [5.41, 5.74) is -0.470. The Morgan fingerprint density at radius 3 is 2.54 bits per heavy atom. The summed E-state index contributed by atoms with van der Waals surface area (Å²) in [7, 11) is 0. The Labute approximate surface area is 246 Å². The highest BCUT2D eigenvalue weighted by molar-refractivity contribution is 5.96. The zero-order valence-electron chi connectivity index (χ0n) is 25.8. The minimum atomic E-state index is -1.24. The minimum absolute atomic E-state index is 0.00735. The van der Waals surface area contributed by atoms with Crippen LogP contribution in [0.5, 0.6) is 0 Å². The van der Waals surface area contributed by atoms with Crippen LogP contribution in [0.3, 0.4) is 0 Å². The number of ketones is 1. The van der Waals surface area contributed by atoms with E-state index in [1.807, 2.05) is 26.8 Å². The smallest absolute Gasteiger partial charge is 0.329 e. The van der Waals surface area contributed by atoms with E-state index < -0.39 is 29.8 Å². The van der Waals surface area contributed by atoms with E-state index in [1.54, 1.807) is 17.9 Å². The Morgan fingerprint density at radius 2 is 1.80 bits per heavy atom. The van der Waals surface area contributed by atoms with Crippen molar-refractivity contribution in [2.75, 3.05) is 6.54 Å². The second-order valence-electron chi connectivity index (χ2n) is 12.9. The fourth-order valence-electron chi connectivity index (χ4n) is 6.53. The van der Waals surface area contributed by atoms with Crippen molar-refractivity contribution in [3.05, 3.63) is 23.8 Å². The number of cyclic esters (lactones) is 1. The van der Waals surface area contributed by atoms with E-state index in [4.69, 9.17) is 9.47 Å². The number of hydrogen-bond acceptors (Lipinski definition) is 7. The quantitative estimate of drug-likeness (QED) is 0.451. The molecule has 0 aromatic heterocycles. The molecule has 0 saturated carbocycles. The third kappa shape index (κ3) is 9.23. The molecule has 2 bridgehead atoms. The number of ether oxygens (including phenoxy) is 2. The van der Waals surface area contributed by atoms with Crippen molar-refractivity contribution in [2.24, 2.45) is 11.8 Å². The van der Waals surface area contributed by atoms with Gasteiger partial charge >= 0.3 is 5.97 Å². The molecule has 0 radical (unpaired) electrons. The first kappa shape index (κ1) is 33.5. The van der Waals surface area contributed by atoms with Crippen molar-refractivity contribution < 1.29 is 34.1 Å². The number of aliphatic hydroxyl groups is 2. The number of amides is 1. The summed E-state index contributed by atoms with van der Waals surface area (Å²) < 4.78 is 12.6. The number of carbonyl (C=O) groups is 3. The zero-order valence-corrected chi connectivity index (χ0v) is 25.8. The van der Waals surface area contributed by atoms with Crippen molar-refractivity contribution in [3.63, 3.8) is 0 Å². The summed E-state index contributed by atoms with van der Waals surface area (Å²) in [5.74, 6) is -0.759. The summed E-state index contributed by atoms with van der Waals surface area (Å²) >= 11 is 0. The Morgan fingerprint density at radius 1 is 1.05 bits per heavy atom. The number of piperidine rings is 1. The number of rotatable bonds is 4. The topological polar surface area (TPSA) is 113 Å². The predicted molar refractivity (Wildman–Crippen MR) is 158 cm³/mol. The van der Waals surface area contributed by atoms with Gasteiger partial charge in [0.1, 0.15) is 11.6 Å². The van der Waals surface area contributed by atoms with Gasteiger partial charge in [0.05, 0.1) is 24.4 Å². The van der Waals surface area contributed by atoms with Crippen LogP contribution in [0.4, 0.5) is 0 Å². The fraction of sp³-hybridized carbons (Fsp3) is 0.788. The molecule has 8 heteroatoms. The van der Waals surface area contributed by atoms with Crippen LogP contribution < -0.4 is 0 Å². The van der Waals surface area contributed by atoms with Crippen LogP contribution in [0.25, 0.3) is 0 Å². The van der Waals surface area contributed by atoms with E-state index in [9.17, 15) is 24.6 Å². The van der Waals surface area contributed by atoms with E-state index in [0.29, 0.717) is 38.6 Å². The molecule has 8 atom stereocenters. The van der Waals surface area contributed by atoms with Crippen LogP contribution >= 0.6 is 0 Å². The lowest BCUT2D eigenvalue weighted by Crippen LogP contribution is -2.53. The predicted octanol–water partition coefficient (Wildman–Crippen LogP) is 5.05. The van der Waals surface area contributed by atoms with Crippen LogP contribution in [-0.2, 0) is 23.9 Å². The zero-order chi connectivity index (χ0) is 30.2. The molecule has 2 saturated heterocycles. The lowest BCUT2D eigenvalue weighted by molar-refractivity contribution is -0.186. The average Bonchev–Trinajstić information content (AvgIpc) is 3.43. The van der Waals surface area contributed by atoms with Gasteiger partial charge in [0, 0.05) is 18.9 Å². The van der Waals surface area contributed by atoms with E-state index in [-0.39, 0.29) is 42.2 Å². The van der Waals surface area contributed by atoms with Gasteiger partial charge in [-0.15, -0.1) is 0 Å². The molecule has 3 heterocycles. The number of hydrogen-bond donors (Lipinski definition) is 2. The highest BCUT2D eigenvalue weighted by Gasteiger charge is 2.44. The maximum absolute atomic E-state index is 13.7. The van der Waals surface area contributed by atoms with Crippen LogP contribution in [0.15, 0.2) is 23.8 Å². The van der Waals surface area contributed by atoms with Crippen LogP contribution in [0.2, 0.25) is 0 Å². The lowest BCUT2D eigenvalue weighted by atomic mass is 9.82. The normalized spacial score (nSPS) is 34.7. The van der Waals surface area contributed by atoms with Crippen molar-refractivity contribution >= 4 is 17.7 Å². The van der Waals surface area contributed by atoms with E-state index in [1.165, 1.54) is 6.08 Å². The fourth-order valence-corrected chi connectivity index (χ4v) is 6.53. The third-order valence-corrected chi connectivity index (χ3v) is 9.37. The molecule has 0 aliphatic carbocycles. The second-order valence-corrected chi connectivity index (χ2v) is 12.9. The minimum Gasteiger partial charge on any atom is -0.455 e. The van der Waals surface area contributed by atoms with Crippen molar-refractivity contribution in [3.8, 4) is 0 Å². The number of aliphatic hydroxyl groups excluding tert-OH is 2. The molecule has 2 N–H and O–H groups in total. The van der Waals surface area contributed by atoms with Gasteiger partial charge in [0.2, 0.25) is 5.91 Å². The number of nitrogens with zero attached hydrogens (tertiary/aromatic N) is 1. The molecule has 2 fully saturated rings. The third-order valence-electron chi connectivity index (χ3n) is 9.37. The van der Waals surface area contributed by atoms with Crippen LogP contribution in [0.1, 0.15) is 112 Å². The second kappa shape index (κ2) is 15.4. The Balaban J connectivity index is 1.88. The molecule has 3 rings (SSSR count). The first-order valence-corrected chi connectivity index (χ1v) is 15.9. The SMILES string of the molecule is CCC(O)CC(O)C1(C)CC(C)C2CCC(CCC=C(C)C(=O)C(C)CCC=CC(=O)N3CCCC[C@H]3C(=O)O1)O2. The summed E-state index contributed by atoms with van der Waals surface area (Å²) in [6.45, 7) is 9.92. The average molecular weight is 576 g/mol. The van der Waals surface area contributed by atoms with Gasteiger partial charge in [-0.3, -0.25) is 9.59 Å². The molecule has 0 aromatic carbocycles. The molecule has 0 spiro atoms. The highest BCUT2D eigenvalue weighted by Crippen LogP contribution is 2.36. The van der Waals surface area contributed by atoms with Crippen LogP contribution in [-0.4, -0.2) is 75.4 Å². The Kier molecular flexibility index (Phi) is 12.6. The molecule has 41 heavy (non-hydrogen) atoms. The molecule has 0 aromatic rings. The number of fused-ring (bicyclic) bond motifs is 3. The molecule has 1 amide bonds. The molecular weight excluding hydrogens is 522 g/mol. The Bertz CT molecular complexity index is 961. The van der Waals surface area contributed by atoms with E-state index in [2.05, 4.69) is 6.92 Å². The summed E-state index contributed by atoms with van der Waals surface area (Å²) in [6, 6.07) is -0.728. The standard InChI is InChI=1S/C33H53NO7/c1-6-25(35)20-29(36)33(5)21-24(4)28-18-17-26(40-28)14-11-13-23(3)31(38)22(2)12-7-8-16-30(37)34-19-10-9-15-27(34)32(39)41-33/h8,13,16,22,24-29,35-36H,6-7,9-12,14-15,17-21H2,1-5H3/t22?,24?,25?,26?,27-,28?,29?,33?/m0/s1. The van der Waals surface area contributed by atoms with Gasteiger partial charge in [0.15, 0.2) is 5.78 Å². The van der Waals surface area contributed by atoms with E-state index in [0.717, 1.165) is 44.1 Å². The summed E-state index contributed by atoms with van der Waals surface area (Å²) in [5, 5.41) is 21.6. The number of allylic oxidation sites excluding steroid dienone is 3. The van der Waals surface area contributed by atoms with Gasteiger partial charge in [-0.25, -0.2) is 4.79 Å². The molecule has 7 unspecified atom stereocenters. The molecule has 8 nitrogen and oxygen atoms in total. The van der Waals surface area contributed by atoms with Gasteiger partial charge in [-0.05, 0) is 102 Å². The highest BCUT2D eigenvalue weighted by atomic mass is 16.6. The Hall–Kier alpha value is -2.03. The van der Waals surface area contributed by atoms with Crippen LogP contribution in [0, 0.1) is 11.8 Å². The lowest BCUT2D eigenvalue weighted by Gasteiger charge is -2.41. The molecular formula is C33H53NO7. The molecule has 232 valence electrons. The van der Waals surface area contributed by atoms with Gasteiger partial charge < -0.3 is 24.6 Å². The number of carbonyl (C=O) groups excluding carboxylic acids is 3. The van der Waals surface area contributed by atoms with Gasteiger partial charge in [-0.1, -0.05) is 32.9 Å². The number of Topliss-reactive ketones (excluding diaryl/α,β-unsaturated/α-hetero) is 1. The van der Waals surface area contributed by atoms with E-state index >= 15 is 0 Å². The van der Waals surface area contributed by atoms with Gasteiger partial charge in [-0.2, -0.15) is 0 Å². The largest absolute Gasteiger partial charge is 0.455 e.